The number of hydrogen-bond acceptors (Lipinski definition) is 3. The van der Waals surface area contributed by atoms with Crippen molar-refractivity contribution in [3.05, 3.63) is 54.7 Å². The maximum Gasteiger partial charge on any atom is 0.235 e. The third kappa shape index (κ3) is 2.53. The van der Waals surface area contributed by atoms with Gasteiger partial charge in [-0.05, 0) is 30.7 Å². The van der Waals surface area contributed by atoms with Crippen molar-refractivity contribution in [3.63, 3.8) is 0 Å². The summed E-state index contributed by atoms with van der Waals surface area (Å²) in [4.78, 5) is 4.22. The van der Waals surface area contributed by atoms with Crippen molar-refractivity contribution in [2.24, 2.45) is 0 Å². The Morgan fingerprint density at radius 3 is 2.65 bits per heavy atom. The number of benzene rings is 1. The minimum absolute atomic E-state index is 0.118. The molecular formula is C16H16N4O2S. The van der Waals surface area contributed by atoms with Crippen LogP contribution in [0.5, 0.6) is 0 Å². The molecule has 1 aliphatic heterocycles. The van der Waals surface area contributed by atoms with Crippen LogP contribution in [-0.4, -0.2) is 28.3 Å². The number of nitrogens with zero attached hydrogens (tertiary/aromatic N) is 3. The molecule has 0 amide bonds. The van der Waals surface area contributed by atoms with Crippen LogP contribution in [0, 0.1) is 6.92 Å². The SMILES string of the molecule is Cc1cn(-c2ccc(-c3ccn4c3NS(=O)(=O)CC4)cc2)cn1. The first-order valence-corrected chi connectivity index (χ1v) is 8.98. The van der Waals surface area contributed by atoms with E-state index in [2.05, 4.69) is 9.71 Å². The van der Waals surface area contributed by atoms with Gasteiger partial charge < -0.3 is 9.13 Å². The molecule has 0 saturated heterocycles. The van der Waals surface area contributed by atoms with Gasteiger partial charge in [0, 0.05) is 30.2 Å². The smallest absolute Gasteiger partial charge is 0.235 e. The molecule has 2 aromatic heterocycles. The van der Waals surface area contributed by atoms with Crippen LogP contribution in [0.2, 0.25) is 0 Å². The fraction of sp³-hybridized carbons (Fsp3) is 0.188. The Hall–Kier alpha value is -2.54. The Bertz CT molecular complexity index is 968. The molecule has 0 radical (unpaired) electrons. The minimum atomic E-state index is -3.23. The number of hydrogen-bond donors (Lipinski definition) is 1. The highest BCUT2D eigenvalue weighted by Gasteiger charge is 2.22. The van der Waals surface area contributed by atoms with E-state index in [-0.39, 0.29) is 5.75 Å². The van der Waals surface area contributed by atoms with Gasteiger partial charge in [-0.1, -0.05) is 12.1 Å². The van der Waals surface area contributed by atoms with Gasteiger partial charge in [0.15, 0.2) is 0 Å². The van der Waals surface area contributed by atoms with E-state index in [4.69, 9.17) is 0 Å². The predicted octanol–water partition coefficient (Wildman–Crippen LogP) is 2.40. The van der Waals surface area contributed by atoms with Gasteiger partial charge in [-0.25, -0.2) is 13.4 Å². The lowest BCUT2D eigenvalue weighted by atomic mass is 10.1. The second-order valence-corrected chi connectivity index (χ2v) is 7.50. The molecule has 23 heavy (non-hydrogen) atoms. The molecule has 0 saturated carbocycles. The average molecular weight is 328 g/mol. The maximum absolute atomic E-state index is 11.8. The lowest BCUT2D eigenvalue weighted by Crippen LogP contribution is -2.27. The summed E-state index contributed by atoms with van der Waals surface area (Å²) in [5.74, 6) is 0.759. The second kappa shape index (κ2) is 4.99. The molecule has 1 aliphatic rings. The van der Waals surface area contributed by atoms with Gasteiger partial charge >= 0.3 is 0 Å². The molecule has 0 bridgehead atoms. The van der Waals surface area contributed by atoms with Crippen LogP contribution in [0.3, 0.4) is 0 Å². The fourth-order valence-corrected chi connectivity index (χ4v) is 3.86. The van der Waals surface area contributed by atoms with Gasteiger partial charge in [-0.2, -0.15) is 0 Å². The third-order valence-corrected chi connectivity index (χ3v) is 5.23. The summed E-state index contributed by atoms with van der Waals surface area (Å²) in [6.07, 6.45) is 5.65. The average Bonchev–Trinajstić information content (AvgIpc) is 3.12. The zero-order valence-corrected chi connectivity index (χ0v) is 13.4. The molecule has 118 valence electrons. The van der Waals surface area contributed by atoms with E-state index in [0.29, 0.717) is 12.4 Å². The highest BCUT2D eigenvalue weighted by molar-refractivity contribution is 7.92. The topological polar surface area (TPSA) is 68.9 Å². The summed E-state index contributed by atoms with van der Waals surface area (Å²) in [6, 6.07) is 9.92. The molecule has 0 fully saturated rings. The van der Waals surface area contributed by atoms with E-state index in [1.165, 1.54) is 0 Å². The highest BCUT2D eigenvalue weighted by Crippen LogP contribution is 2.32. The zero-order chi connectivity index (χ0) is 16.0. The molecule has 0 atom stereocenters. The van der Waals surface area contributed by atoms with Crippen LogP contribution in [0.25, 0.3) is 16.8 Å². The van der Waals surface area contributed by atoms with Crippen molar-refractivity contribution in [3.8, 4) is 16.8 Å². The van der Waals surface area contributed by atoms with Crippen molar-refractivity contribution in [1.29, 1.82) is 0 Å². The normalized spacial score (nSPS) is 15.9. The summed E-state index contributed by atoms with van der Waals surface area (Å²) in [7, 11) is -3.23. The van der Waals surface area contributed by atoms with Crippen molar-refractivity contribution < 1.29 is 8.42 Å². The Morgan fingerprint density at radius 1 is 1.17 bits per heavy atom. The number of aryl methyl sites for hydroxylation is 2. The standard InChI is InChI=1S/C16H16N4O2S/c1-12-10-20(11-17-12)14-4-2-13(3-5-14)15-6-7-19-8-9-23(21,22)18-16(15)19/h2-7,10-11,18H,8-9H2,1H3. The molecule has 0 aliphatic carbocycles. The molecule has 3 aromatic rings. The molecule has 0 spiro atoms. The van der Waals surface area contributed by atoms with Crippen LogP contribution in [-0.2, 0) is 16.6 Å². The lowest BCUT2D eigenvalue weighted by Gasteiger charge is -2.19. The number of nitrogens with one attached hydrogen (secondary N) is 1. The molecule has 7 heteroatoms. The van der Waals surface area contributed by atoms with E-state index in [0.717, 1.165) is 22.5 Å². The number of aromatic nitrogens is 3. The van der Waals surface area contributed by atoms with Gasteiger partial charge in [-0.15, -0.1) is 0 Å². The molecule has 4 rings (SSSR count). The summed E-state index contributed by atoms with van der Waals surface area (Å²) in [6.45, 7) is 2.43. The fourth-order valence-electron chi connectivity index (χ4n) is 2.80. The zero-order valence-electron chi connectivity index (χ0n) is 12.6. The summed E-state index contributed by atoms with van der Waals surface area (Å²) in [5, 5.41) is 0. The van der Waals surface area contributed by atoms with E-state index < -0.39 is 10.0 Å². The quantitative estimate of drug-likeness (QED) is 0.785. The molecule has 1 N–H and O–H groups in total. The largest absolute Gasteiger partial charge is 0.332 e. The second-order valence-electron chi connectivity index (χ2n) is 5.66. The van der Waals surface area contributed by atoms with Crippen molar-refractivity contribution in [2.45, 2.75) is 13.5 Å². The molecule has 0 unspecified atom stereocenters. The summed E-state index contributed by atoms with van der Waals surface area (Å²) < 4.78 is 30.1. The van der Waals surface area contributed by atoms with E-state index in [1.54, 1.807) is 6.33 Å². The molecule has 6 nitrogen and oxygen atoms in total. The van der Waals surface area contributed by atoms with Gasteiger partial charge in [0.25, 0.3) is 0 Å². The number of fused-ring (bicyclic) bond motifs is 1. The van der Waals surface area contributed by atoms with Crippen LogP contribution in [0.1, 0.15) is 5.69 Å². The van der Waals surface area contributed by atoms with Crippen LogP contribution >= 0.6 is 0 Å². The minimum Gasteiger partial charge on any atom is -0.332 e. The van der Waals surface area contributed by atoms with E-state index in [9.17, 15) is 8.42 Å². The van der Waals surface area contributed by atoms with Gasteiger partial charge in [0.1, 0.15) is 5.82 Å². The Balaban J connectivity index is 1.71. The third-order valence-electron chi connectivity index (χ3n) is 4.00. The van der Waals surface area contributed by atoms with Gasteiger partial charge in [0.05, 0.1) is 17.8 Å². The van der Waals surface area contributed by atoms with Gasteiger partial charge in [-0.3, -0.25) is 4.72 Å². The van der Waals surface area contributed by atoms with Crippen molar-refractivity contribution >= 4 is 15.8 Å². The number of rotatable bonds is 2. The Kier molecular flexibility index (Phi) is 3.05. The molecule has 1 aromatic carbocycles. The van der Waals surface area contributed by atoms with E-state index in [1.807, 2.05) is 58.8 Å². The first-order chi connectivity index (χ1) is 11.0. The first-order valence-electron chi connectivity index (χ1n) is 7.33. The van der Waals surface area contributed by atoms with Crippen LogP contribution < -0.4 is 4.72 Å². The maximum atomic E-state index is 11.8. The summed E-state index contributed by atoms with van der Waals surface area (Å²) in [5.41, 5.74) is 3.85. The summed E-state index contributed by atoms with van der Waals surface area (Å²) >= 11 is 0. The number of imidazole rings is 1. The number of anilines is 1. The van der Waals surface area contributed by atoms with Crippen molar-refractivity contribution in [2.75, 3.05) is 10.5 Å². The number of sulfonamides is 1. The predicted molar refractivity (Wildman–Crippen MR) is 89.1 cm³/mol. The molecular weight excluding hydrogens is 312 g/mol. The Labute approximate surface area is 134 Å². The molecule has 3 heterocycles. The monoisotopic (exact) mass is 328 g/mol. The van der Waals surface area contributed by atoms with Crippen LogP contribution in [0.15, 0.2) is 49.1 Å². The lowest BCUT2D eigenvalue weighted by molar-refractivity contribution is 0.588. The van der Waals surface area contributed by atoms with Crippen LogP contribution in [0.4, 0.5) is 5.82 Å². The Morgan fingerprint density at radius 2 is 1.96 bits per heavy atom. The van der Waals surface area contributed by atoms with Gasteiger partial charge in [0.2, 0.25) is 10.0 Å². The highest BCUT2D eigenvalue weighted by atomic mass is 32.2. The van der Waals surface area contributed by atoms with Crippen molar-refractivity contribution in [1.82, 2.24) is 14.1 Å². The van der Waals surface area contributed by atoms with E-state index >= 15 is 0 Å². The first kappa shape index (κ1) is 14.1.